The van der Waals surface area contributed by atoms with Crippen molar-refractivity contribution in [2.75, 3.05) is 11.9 Å². The van der Waals surface area contributed by atoms with Gasteiger partial charge in [-0.15, -0.1) is 0 Å². The number of carboxylic acids is 1. The van der Waals surface area contributed by atoms with Crippen LogP contribution in [0.25, 0.3) is 0 Å². The Morgan fingerprint density at radius 3 is 2.71 bits per heavy atom. The van der Waals surface area contributed by atoms with Crippen molar-refractivity contribution < 1.29 is 14.6 Å². The van der Waals surface area contributed by atoms with Crippen LogP contribution in [0.15, 0.2) is 36.4 Å². The van der Waals surface area contributed by atoms with Crippen LogP contribution in [0.3, 0.4) is 0 Å². The third-order valence-corrected chi connectivity index (χ3v) is 6.17. The second-order valence-electron chi connectivity index (χ2n) is 8.65. The topological polar surface area (TPSA) is 58.6 Å². The highest BCUT2D eigenvalue weighted by Crippen LogP contribution is 2.53. The number of rotatable bonds is 5. The highest BCUT2D eigenvalue weighted by Gasteiger charge is 2.40. The lowest BCUT2D eigenvalue weighted by Crippen LogP contribution is -2.29. The number of fused-ring (bicyclic) bond motifs is 3. The van der Waals surface area contributed by atoms with E-state index in [1.54, 1.807) is 12.1 Å². The van der Waals surface area contributed by atoms with E-state index in [0.717, 1.165) is 17.9 Å². The predicted octanol–water partition coefficient (Wildman–Crippen LogP) is 5.78. The Balaban J connectivity index is 1.66. The largest absolute Gasteiger partial charge is 0.493 e. The Hall–Kier alpha value is -2.49. The van der Waals surface area contributed by atoms with Crippen molar-refractivity contribution in [1.29, 1.82) is 0 Å². The van der Waals surface area contributed by atoms with Crippen LogP contribution in [0.1, 0.15) is 72.1 Å². The summed E-state index contributed by atoms with van der Waals surface area (Å²) >= 11 is 0. The first-order valence-electron chi connectivity index (χ1n) is 10.3. The molecule has 0 aromatic heterocycles. The Bertz CT molecular complexity index is 889. The molecule has 2 aromatic carbocycles. The number of ether oxygens (including phenoxy) is 1. The first kappa shape index (κ1) is 18.9. The molecule has 2 aromatic rings. The maximum Gasteiger partial charge on any atom is 0.335 e. The number of carbonyl (C=O) groups is 1. The quantitative estimate of drug-likeness (QED) is 0.691. The van der Waals surface area contributed by atoms with Crippen molar-refractivity contribution in [1.82, 2.24) is 0 Å². The molecule has 4 nitrogen and oxygen atoms in total. The van der Waals surface area contributed by atoms with Gasteiger partial charge in [0.05, 0.1) is 18.2 Å². The molecular formula is C24H29NO3. The smallest absolute Gasteiger partial charge is 0.335 e. The molecule has 0 amide bonds. The third kappa shape index (κ3) is 3.48. The summed E-state index contributed by atoms with van der Waals surface area (Å²) < 4.78 is 5.96. The van der Waals surface area contributed by atoms with Crippen LogP contribution in [-0.4, -0.2) is 17.7 Å². The minimum absolute atomic E-state index is 0.227. The Morgan fingerprint density at radius 1 is 1.18 bits per heavy atom. The molecule has 1 aliphatic heterocycles. The van der Waals surface area contributed by atoms with Gasteiger partial charge in [0.15, 0.2) is 0 Å². The van der Waals surface area contributed by atoms with Crippen molar-refractivity contribution in [3.05, 3.63) is 58.7 Å². The van der Waals surface area contributed by atoms with E-state index in [-0.39, 0.29) is 6.04 Å². The van der Waals surface area contributed by atoms with Crippen LogP contribution >= 0.6 is 0 Å². The summed E-state index contributed by atoms with van der Waals surface area (Å²) in [5, 5.41) is 13.0. The minimum Gasteiger partial charge on any atom is -0.493 e. The van der Waals surface area contributed by atoms with Gasteiger partial charge in [-0.25, -0.2) is 4.79 Å². The first-order valence-corrected chi connectivity index (χ1v) is 10.3. The van der Waals surface area contributed by atoms with Crippen LogP contribution in [0, 0.1) is 18.8 Å². The summed E-state index contributed by atoms with van der Waals surface area (Å²) in [5.41, 5.74) is 5.18. The summed E-state index contributed by atoms with van der Waals surface area (Å²) in [5.74, 6) is 1.66. The molecule has 148 valence electrons. The molecule has 1 aliphatic carbocycles. The summed E-state index contributed by atoms with van der Waals surface area (Å²) in [6, 6.07) is 12.2. The van der Waals surface area contributed by atoms with Crippen LogP contribution in [0.5, 0.6) is 5.75 Å². The van der Waals surface area contributed by atoms with Gasteiger partial charge < -0.3 is 15.2 Å². The predicted molar refractivity (Wildman–Crippen MR) is 111 cm³/mol. The van der Waals surface area contributed by atoms with E-state index in [2.05, 4.69) is 37.4 Å². The molecule has 2 aliphatic rings. The standard InChI is InChI=1S/C24H29NO3/c1-14(2)13-28-17-8-10-22-21(12-17)19-5-4-6-20(19)23(25-22)18-9-7-16(24(26)27)11-15(18)3/h7-12,14,19-20,23,25H,4-6,13H2,1-3H3,(H,26,27)/t19-,20+,23+/m1/s1. The number of nitrogens with one attached hydrogen (secondary N) is 1. The zero-order valence-corrected chi connectivity index (χ0v) is 16.9. The van der Waals surface area contributed by atoms with Crippen LogP contribution in [-0.2, 0) is 0 Å². The molecular weight excluding hydrogens is 350 g/mol. The molecule has 28 heavy (non-hydrogen) atoms. The average molecular weight is 380 g/mol. The highest BCUT2D eigenvalue weighted by atomic mass is 16.5. The van der Waals surface area contributed by atoms with Crippen molar-refractivity contribution in [3.63, 3.8) is 0 Å². The van der Waals surface area contributed by atoms with Gasteiger partial charge in [0.25, 0.3) is 0 Å². The van der Waals surface area contributed by atoms with Gasteiger partial charge in [-0.1, -0.05) is 26.3 Å². The SMILES string of the molecule is Cc1cc(C(=O)O)ccc1[C@@H]1Nc2ccc(OCC(C)C)cc2[C@@H]2CCC[C@@H]21. The molecule has 0 bridgehead atoms. The van der Waals surface area contributed by atoms with Gasteiger partial charge in [0.2, 0.25) is 0 Å². The van der Waals surface area contributed by atoms with Gasteiger partial charge in [0.1, 0.15) is 5.75 Å². The number of hydrogen-bond donors (Lipinski definition) is 2. The third-order valence-electron chi connectivity index (χ3n) is 6.17. The van der Waals surface area contributed by atoms with Crippen LogP contribution in [0.2, 0.25) is 0 Å². The Morgan fingerprint density at radius 2 is 2.00 bits per heavy atom. The molecule has 2 N–H and O–H groups in total. The Labute approximate surface area is 166 Å². The number of benzene rings is 2. The maximum absolute atomic E-state index is 11.3. The average Bonchev–Trinajstić information content (AvgIpc) is 3.16. The van der Waals surface area contributed by atoms with Crippen molar-refractivity contribution in [3.8, 4) is 5.75 Å². The van der Waals surface area contributed by atoms with Gasteiger partial charge in [0, 0.05) is 5.69 Å². The molecule has 0 spiro atoms. The van der Waals surface area contributed by atoms with Gasteiger partial charge in [-0.3, -0.25) is 0 Å². The zero-order valence-electron chi connectivity index (χ0n) is 16.9. The van der Waals surface area contributed by atoms with E-state index in [1.165, 1.54) is 36.1 Å². The highest BCUT2D eigenvalue weighted by molar-refractivity contribution is 5.88. The second kappa shape index (κ2) is 7.50. The minimum atomic E-state index is -0.871. The van der Waals surface area contributed by atoms with Crippen molar-refractivity contribution in [2.24, 2.45) is 11.8 Å². The van der Waals surface area contributed by atoms with Crippen LogP contribution < -0.4 is 10.1 Å². The van der Waals surface area contributed by atoms with E-state index in [9.17, 15) is 9.90 Å². The lowest BCUT2D eigenvalue weighted by molar-refractivity contribution is 0.0696. The lowest BCUT2D eigenvalue weighted by Gasteiger charge is -2.38. The number of carboxylic acid groups (broad SMARTS) is 1. The molecule has 1 fully saturated rings. The van der Waals surface area contributed by atoms with Crippen molar-refractivity contribution >= 4 is 11.7 Å². The van der Waals surface area contributed by atoms with E-state index in [0.29, 0.717) is 23.3 Å². The molecule has 0 radical (unpaired) electrons. The van der Waals surface area contributed by atoms with Crippen molar-refractivity contribution in [2.45, 2.75) is 52.0 Å². The molecule has 3 atom stereocenters. The van der Waals surface area contributed by atoms with Crippen LogP contribution in [0.4, 0.5) is 5.69 Å². The fraction of sp³-hybridized carbons (Fsp3) is 0.458. The first-order chi connectivity index (χ1) is 13.4. The number of anilines is 1. The normalized spacial score (nSPS) is 23.1. The van der Waals surface area contributed by atoms with E-state index >= 15 is 0 Å². The summed E-state index contributed by atoms with van der Waals surface area (Å²) in [4.78, 5) is 11.3. The molecule has 0 unspecified atom stereocenters. The molecule has 0 saturated heterocycles. The van der Waals surface area contributed by atoms with Gasteiger partial charge in [-0.05, 0) is 84.5 Å². The zero-order chi connectivity index (χ0) is 19.8. The maximum atomic E-state index is 11.3. The lowest BCUT2D eigenvalue weighted by atomic mass is 9.76. The molecule has 4 heteroatoms. The van der Waals surface area contributed by atoms with Gasteiger partial charge in [-0.2, -0.15) is 0 Å². The number of hydrogen-bond acceptors (Lipinski definition) is 3. The molecule has 1 heterocycles. The van der Waals surface area contributed by atoms with E-state index < -0.39 is 5.97 Å². The molecule has 1 saturated carbocycles. The number of aryl methyl sites for hydroxylation is 1. The fourth-order valence-electron chi connectivity index (χ4n) is 4.85. The fourth-order valence-corrected chi connectivity index (χ4v) is 4.85. The van der Waals surface area contributed by atoms with E-state index in [4.69, 9.17) is 4.74 Å². The Kier molecular flexibility index (Phi) is 5.05. The summed E-state index contributed by atoms with van der Waals surface area (Å²) in [6.07, 6.45) is 3.63. The monoisotopic (exact) mass is 379 g/mol. The van der Waals surface area contributed by atoms with Gasteiger partial charge >= 0.3 is 5.97 Å². The number of aromatic carboxylic acids is 1. The second-order valence-corrected chi connectivity index (χ2v) is 8.65. The van der Waals surface area contributed by atoms with E-state index in [1.807, 2.05) is 13.0 Å². The summed E-state index contributed by atoms with van der Waals surface area (Å²) in [6.45, 7) is 7.08. The summed E-state index contributed by atoms with van der Waals surface area (Å²) in [7, 11) is 0. The molecule has 4 rings (SSSR count).